The number of thiazole rings is 1. The number of benzene rings is 2. The van der Waals surface area contributed by atoms with Gasteiger partial charge in [0.2, 0.25) is 5.91 Å². The van der Waals surface area contributed by atoms with Gasteiger partial charge in [0.25, 0.3) is 0 Å². The molecule has 0 bridgehead atoms. The molecule has 4 aromatic rings. The van der Waals surface area contributed by atoms with Gasteiger partial charge in [0.1, 0.15) is 17.9 Å². The molecule has 35 heavy (non-hydrogen) atoms. The summed E-state index contributed by atoms with van der Waals surface area (Å²) in [5, 5.41) is 3.95. The van der Waals surface area contributed by atoms with Crippen LogP contribution in [0.2, 0.25) is 0 Å². The number of ether oxygens (including phenoxy) is 3. The number of aromatic nitrogens is 2. The molecular formula is C27H27N3O4S. The van der Waals surface area contributed by atoms with Gasteiger partial charge in [0.05, 0.1) is 43.6 Å². The molecule has 0 unspecified atom stereocenters. The van der Waals surface area contributed by atoms with Crippen molar-refractivity contribution in [2.75, 3.05) is 27.4 Å². The molecule has 0 atom stereocenters. The molecule has 8 heteroatoms. The van der Waals surface area contributed by atoms with Crippen molar-refractivity contribution < 1.29 is 19.0 Å². The number of hydrogen-bond donors (Lipinski definition) is 0. The van der Waals surface area contributed by atoms with Crippen molar-refractivity contribution in [1.82, 2.24) is 14.9 Å². The fourth-order valence-corrected chi connectivity index (χ4v) is 5.07. The van der Waals surface area contributed by atoms with Gasteiger partial charge in [-0.15, -0.1) is 11.3 Å². The van der Waals surface area contributed by atoms with Crippen molar-refractivity contribution in [2.45, 2.75) is 26.8 Å². The molecule has 0 spiro atoms. The minimum Gasteiger partial charge on any atom is -0.494 e. The number of carbonyl (C=O) groups excluding carboxylic acids is 1. The first kappa shape index (κ1) is 23.1. The third-order valence-electron chi connectivity index (χ3n) is 6.20. The van der Waals surface area contributed by atoms with E-state index in [0.717, 1.165) is 49.7 Å². The maximum Gasteiger partial charge on any atom is 0.229 e. The van der Waals surface area contributed by atoms with Gasteiger partial charge in [-0.3, -0.25) is 4.79 Å². The summed E-state index contributed by atoms with van der Waals surface area (Å²) in [6.45, 7) is 5.34. The number of nitrogens with zero attached hydrogens (tertiary/aromatic N) is 3. The molecule has 1 amide bonds. The number of amides is 1. The Hall–Kier alpha value is -3.65. The monoisotopic (exact) mass is 489 g/mol. The fourth-order valence-electron chi connectivity index (χ4n) is 4.46. The average molecular weight is 490 g/mol. The lowest BCUT2D eigenvalue weighted by molar-refractivity contribution is -0.131. The smallest absolute Gasteiger partial charge is 0.229 e. The molecule has 7 nitrogen and oxygen atoms in total. The number of methoxy groups -OCH3 is 2. The molecule has 1 aliphatic rings. The molecule has 1 aliphatic heterocycles. The van der Waals surface area contributed by atoms with Crippen molar-refractivity contribution >= 4 is 28.1 Å². The standard InChI is InChI=1S/C27H27N3O4S/c1-16-10-22(29-26-21(16)6-5-7-23(26)32-3)18-11-19-14-30(8-9-34-27(19)24(12-18)33-4)25(31)13-20-15-35-17(2)28-20/h5-7,10-12,15H,8-9,13-14H2,1-4H3. The van der Waals surface area contributed by atoms with Crippen molar-refractivity contribution in [2.24, 2.45) is 0 Å². The summed E-state index contributed by atoms with van der Waals surface area (Å²) < 4.78 is 17.3. The van der Waals surface area contributed by atoms with E-state index in [2.05, 4.69) is 18.0 Å². The first-order chi connectivity index (χ1) is 17.0. The zero-order valence-electron chi connectivity index (χ0n) is 20.3. The summed E-state index contributed by atoms with van der Waals surface area (Å²) in [6, 6.07) is 12.0. The Balaban J connectivity index is 1.53. The third kappa shape index (κ3) is 4.53. The van der Waals surface area contributed by atoms with E-state index >= 15 is 0 Å². The highest BCUT2D eigenvalue weighted by Crippen LogP contribution is 2.39. The number of hydrogen-bond acceptors (Lipinski definition) is 7. The highest BCUT2D eigenvalue weighted by Gasteiger charge is 2.24. The van der Waals surface area contributed by atoms with Crippen molar-refractivity contribution in [3.63, 3.8) is 0 Å². The van der Waals surface area contributed by atoms with Crippen LogP contribution in [0.25, 0.3) is 22.2 Å². The van der Waals surface area contributed by atoms with Crippen LogP contribution in [0.5, 0.6) is 17.2 Å². The molecule has 2 aromatic heterocycles. The Morgan fingerprint density at radius 1 is 1.11 bits per heavy atom. The van der Waals surface area contributed by atoms with Crippen LogP contribution in [-0.4, -0.2) is 48.1 Å². The normalized spacial score (nSPS) is 13.2. The quantitative estimate of drug-likeness (QED) is 0.395. The summed E-state index contributed by atoms with van der Waals surface area (Å²) in [4.78, 5) is 24.3. The summed E-state index contributed by atoms with van der Waals surface area (Å²) in [7, 11) is 3.28. The average Bonchev–Trinajstić information content (AvgIpc) is 3.14. The van der Waals surface area contributed by atoms with E-state index in [0.29, 0.717) is 31.2 Å². The van der Waals surface area contributed by atoms with E-state index in [1.807, 2.05) is 47.5 Å². The lowest BCUT2D eigenvalue weighted by Gasteiger charge is -2.20. The highest BCUT2D eigenvalue weighted by molar-refractivity contribution is 7.09. The molecule has 0 aliphatic carbocycles. The molecule has 0 saturated heterocycles. The van der Waals surface area contributed by atoms with Crippen molar-refractivity contribution in [3.8, 4) is 28.5 Å². The first-order valence-corrected chi connectivity index (χ1v) is 12.3. The topological polar surface area (TPSA) is 73.8 Å². The van der Waals surface area contributed by atoms with E-state index in [1.54, 1.807) is 25.6 Å². The Morgan fingerprint density at radius 3 is 2.69 bits per heavy atom. The zero-order chi connectivity index (χ0) is 24.5. The van der Waals surface area contributed by atoms with Gasteiger partial charge in [-0.1, -0.05) is 12.1 Å². The van der Waals surface area contributed by atoms with Gasteiger partial charge >= 0.3 is 0 Å². The number of rotatable bonds is 5. The number of pyridine rings is 1. The Kier molecular flexibility index (Phi) is 6.30. The molecule has 180 valence electrons. The summed E-state index contributed by atoms with van der Waals surface area (Å²) >= 11 is 1.56. The van der Waals surface area contributed by atoms with E-state index in [4.69, 9.17) is 19.2 Å². The second-order valence-electron chi connectivity index (χ2n) is 8.55. The van der Waals surface area contributed by atoms with Crippen LogP contribution in [0, 0.1) is 13.8 Å². The predicted octanol–water partition coefficient (Wildman–Crippen LogP) is 4.96. The second-order valence-corrected chi connectivity index (χ2v) is 9.61. The van der Waals surface area contributed by atoms with E-state index in [9.17, 15) is 4.79 Å². The lowest BCUT2D eigenvalue weighted by atomic mass is 10.0. The Morgan fingerprint density at radius 2 is 1.94 bits per heavy atom. The van der Waals surface area contributed by atoms with Crippen LogP contribution in [0.1, 0.15) is 21.8 Å². The molecule has 5 rings (SSSR count). The molecule has 0 radical (unpaired) electrons. The highest BCUT2D eigenvalue weighted by atomic mass is 32.1. The number of fused-ring (bicyclic) bond motifs is 2. The maximum absolute atomic E-state index is 13.1. The minimum absolute atomic E-state index is 0.0283. The van der Waals surface area contributed by atoms with Crippen LogP contribution in [-0.2, 0) is 17.8 Å². The lowest BCUT2D eigenvalue weighted by Crippen LogP contribution is -2.33. The van der Waals surface area contributed by atoms with Crippen LogP contribution >= 0.6 is 11.3 Å². The first-order valence-electron chi connectivity index (χ1n) is 11.4. The minimum atomic E-state index is 0.0283. The molecular weight excluding hydrogens is 462 g/mol. The van der Waals surface area contributed by atoms with E-state index in [-0.39, 0.29) is 12.3 Å². The number of carbonyl (C=O) groups is 1. The Bertz CT molecular complexity index is 1420. The molecule has 3 heterocycles. The van der Waals surface area contributed by atoms with Crippen LogP contribution in [0.3, 0.4) is 0 Å². The number of aryl methyl sites for hydroxylation is 2. The SMILES string of the molecule is COc1cc(-c2cc(C)c3cccc(OC)c3n2)cc2c1OCCN(C(=O)Cc1csc(C)n1)C2. The van der Waals surface area contributed by atoms with Crippen molar-refractivity contribution in [3.05, 3.63) is 63.6 Å². The van der Waals surface area contributed by atoms with Gasteiger partial charge < -0.3 is 19.1 Å². The fraction of sp³-hybridized carbons (Fsp3) is 0.296. The van der Waals surface area contributed by atoms with Gasteiger partial charge in [0, 0.05) is 28.4 Å². The summed E-state index contributed by atoms with van der Waals surface area (Å²) in [5.41, 5.74) is 5.30. The van der Waals surface area contributed by atoms with Gasteiger partial charge in [-0.2, -0.15) is 0 Å². The third-order valence-corrected chi connectivity index (χ3v) is 7.02. The number of para-hydroxylation sites is 1. The summed E-state index contributed by atoms with van der Waals surface area (Å²) in [5.74, 6) is 2.06. The van der Waals surface area contributed by atoms with E-state index in [1.165, 1.54) is 0 Å². The van der Waals surface area contributed by atoms with Crippen molar-refractivity contribution in [1.29, 1.82) is 0 Å². The van der Waals surface area contributed by atoms with Gasteiger partial charge in [0.15, 0.2) is 11.5 Å². The van der Waals surface area contributed by atoms with E-state index < -0.39 is 0 Å². The zero-order valence-corrected chi connectivity index (χ0v) is 21.1. The van der Waals surface area contributed by atoms with Crippen LogP contribution in [0.4, 0.5) is 0 Å². The largest absolute Gasteiger partial charge is 0.494 e. The predicted molar refractivity (Wildman–Crippen MR) is 136 cm³/mol. The van der Waals surface area contributed by atoms with Crippen LogP contribution in [0.15, 0.2) is 41.8 Å². The van der Waals surface area contributed by atoms with Gasteiger partial charge in [-0.25, -0.2) is 9.97 Å². The Labute approximate surface area is 208 Å². The maximum atomic E-state index is 13.1. The summed E-state index contributed by atoms with van der Waals surface area (Å²) in [6.07, 6.45) is 0.279. The van der Waals surface area contributed by atoms with Gasteiger partial charge in [-0.05, 0) is 43.7 Å². The molecule has 0 N–H and O–H groups in total. The van der Waals surface area contributed by atoms with Crippen LogP contribution < -0.4 is 14.2 Å². The molecule has 2 aromatic carbocycles. The molecule has 0 saturated carbocycles. The second kappa shape index (κ2) is 9.54. The molecule has 0 fully saturated rings.